The Kier molecular flexibility index (Phi) is 5.77. The van der Waals surface area contributed by atoms with Gasteiger partial charge in [0.05, 0.1) is 11.6 Å². The van der Waals surface area contributed by atoms with Crippen LogP contribution in [-0.4, -0.2) is 59.4 Å². The molecule has 2 saturated heterocycles. The molecule has 0 bridgehead atoms. The Morgan fingerprint density at radius 3 is 2.39 bits per heavy atom. The molecule has 2 fully saturated rings. The van der Waals surface area contributed by atoms with Crippen molar-refractivity contribution in [2.75, 3.05) is 42.5 Å². The third kappa shape index (κ3) is 4.44. The highest BCUT2D eigenvalue weighted by atomic mass is 16.2. The first kappa shape index (κ1) is 21.1. The molecule has 0 aliphatic carbocycles. The van der Waals surface area contributed by atoms with Crippen LogP contribution in [-0.2, 0) is 9.59 Å². The van der Waals surface area contributed by atoms with Gasteiger partial charge in [-0.2, -0.15) is 0 Å². The molecule has 0 radical (unpaired) electrons. The molecular weight excluding hydrogens is 414 g/mol. The van der Waals surface area contributed by atoms with E-state index < -0.39 is 0 Å². The molecule has 0 saturated carbocycles. The van der Waals surface area contributed by atoms with Crippen LogP contribution in [0, 0.1) is 12.8 Å². The number of piperazine rings is 1. The maximum absolute atomic E-state index is 13.2. The van der Waals surface area contributed by atoms with Gasteiger partial charge < -0.3 is 14.7 Å². The van der Waals surface area contributed by atoms with E-state index in [0.29, 0.717) is 32.7 Å². The summed E-state index contributed by atoms with van der Waals surface area (Å²) in [5, 5.41) is 0. The summed E-state index contributed by atoms with van der Waals surface area (Å²) in [6, 6.07) is 19.9. The van der Waals surface area contributed by atoms with Crippen molar-refractivity contribution in [1.29, 1.82) is 0 Å². The van der Waals surface area contributed by atoms with Crippen molar-refractivity contribution in [3.8, 4) is 11.3 Å². The standard InChI is InChI=1S/C26H27N5O2/c1-19-7-9-22(10-8-19)31-17-21(15-25(31)32)26(33)30-13-11-29(12-14-30)24-16-23(27-18-28-24)20-5-3-2-4-6-20/h2-10,16,18,21H,11-15,17H2,1H3. The summed E-state index contributed by atoms with van der Waals surface area (Å²) in [5.41, 5.74) is 3.96. The van der Waals surface area contributed by atoms with Crippen LogP contribution < -0.4 is 9.80 Å². The molecule has 7 nitrogen and oxygen atoms in total. The minimum absolute atomic E-state index is 0.0188. The largest absolute Gasteiger partial charge is 0.353 e. The van der Waals surface area contributed by atoms with Crippen molar-refractivity contribution in [2.45, 2.75) is 13.3 Å². The zero-order valence-electron chi connectivity index (χ0n) is 18.7. The fourth-order valence-electron chi connectivity index (χ4n) is 4.55. The van der Waals surface area contributed by atoms with E-state index in [0.717, 1.165) is 28.3 Å². The topological polar surface area (TPSA) is 69.6 Å². The van der Waals surface area contributed by atoms with E-state index in [1.54, 1.807) is 11.2 Å². The summed E-state index contributed by atoms with van der Waals surface area (Å²) >= 11 is 0. The van der Waals surface area contributed by atoms with Gasteiger partial charge in [0.1, 0.15) is 12.1 Å². The van der Waals surface area contributed by atoms with Crippen LogP contribution in [0.5, 0.6) is 0 Å². The Labute approximate surface area is 193 Å². The molecule has 5 rings (SSSR count). The lowest BCUT2D eigenvalue weighted by atomic mass is 10.1. The lowest BCUT2D eigenvalue weighted by molar-refractivity contribution is -0.136. The van der Waals surface area contributed by atoms with Gasteiger partial charge in [0.15, 0.2) is 0 Å². The Balaban J connectivity index is 1.21. The number of aromatic nitrogens is 2. The number of carbonyl (C=O) groups excluding carboxylic acids is 2. The highest BCUT2D eigenvalue weighted by Gasteiger charge is 2.38. The molecule has 2 aliphatic heterocycles. The molecular formula is C26H27N5O2. The van der Waals surface area contributed by atoms with Gasteiger partial charge in [0.2, 0.25) is 11.8 Å². The molecule has 0 spiro atoms. The molecule has 168 valence electrons. The van der Waals surface area contributed by atoms with E-state index in [1.807, 2.05) is 72.5 Å². The first-order valence-electron chi connectivity index (χ1n) is 11.4. The number of rotatable bonds is 4. The van der Waals surface area contributed by atoms with E-state index in [2.05, 4.69) is 14.9 Å². The van der Waals surface area contributed by atoms with Gasteiger partial charge in [-0.25, -0.2) is 9.97 Å². The number of hydrogen-bond donors (Lipinski definition) is 0. The second-order valence-electron chi connectivity index (χ2n) is 8.68. The van der Waals surface area contributed by atoms with Gasteiger partial charge in [0, 0.05) is 56.5 Å². The van der Waals surface area contributed by atoms with Crippen molar-refractivity contribution in [3.05, 3.63) is 72.6 Å². The quantitative estimate of drug-likeness (QED) is 0.622. The number of carbonyl (C=O) groups is 2. The highest BCUT2D eigenvalue weighted by Crippen LogP contribution is 2.27. The van der Waals surface area contributed by atoms with Crippen molar-refractivity contribution in [1.82, 2.24) is 14.9 Å². The number of aryl methyl sites for hydroxylation is 1. The van der Waals surface area contributed by atoms with E-state index in [4.69, 9.17) is 0 Å². The first-order valence-corrected chi connectivity index (χ1v) is 11.4. The van der Waals surface area contributed by atoms with E-state index in [1.165, 1.54) is 0 Å². The van der Waals surface area contributed by atoms with Crippen LogP contribution in [0.2, 0.25) is 0 Å². The summed E-state index contributed by atoms with van der Waals surface area (Å²) in [7, 11) is 0. The number of benzene rings is 2. The lowest BCUT2D eigenvalue weighted by Gasteiger charge is -2.36. The lowest BCUT2D eigenvalue weighted by Crippen LogP contribution is -2.51. The first-order chi connectivity index (χ1) is 16.1. The molecule has 7 heteroatoms. The van der Waals surface area contributed by atoms with Crippen LogP contribution in [0.3, 0.4) is 0 Å². The molecule has 33 heavy (non-hydrogen) atoms. The fraction of sp³-hybridized carbons (Fsp3) is 0.308. The fourth-order valence-corrected chi connectivity index (χ4v) is 4.55. The summed E-state index contributed by atoms with van der Waals surface area (Å²) in [5.74, 6) is 0.683. The van der Waals surface area contributed by atoms with Gasteiger partial charge in [-0.05, 0) is 19.1 Å². The monoisotopic (exact) mass is 441 g/mol. The third-order valence-corrected chi connectivity index (χ3v) is 6.46. The van der Waals surface area contributed by atoms with Gasteiger partial charge in [0.25, 0.3) is 0 Å². The van der Waals surface area contributed by atoms with Crippen molar-refractivity contribution in [2.24, 2.45) is 5.92 Å². The highest BCUT2D eigenvalue weighted by molar-refractivity contribution is 6.00. The molecule has 2 aliphatic rings. The molecule has 1 atom stereocenters. The predicted octanol–water partition coefficient (Wildman–Crippen LogP) is 3.15. The van der Waals surface area contributed by atoms with Crippen LogP contribution in [0.15, 0.2) is 67.0 Å². The second kappa shape index (κ2) is 9.02. The number of hydrogen-bond acceptors (Lipinski definition) is 5. The van der Waals surface area contributed by atoms with Gasteiger partial charge in [-0.15, -0.1) is 0 Å². The molecule has 1 aromatic heterocycles. The van der Waals surface area contributed by atoms with Crippen molar-refractivity contribution < 1.29 is 9.59 Å². The zero-order chi connectivity index (χ0) is 22.8. The van der Waals surface area contributed by atoms with Crippen molar-refractivity contribution >= 4 is 23.3 Å². The van der Waals surface area contributed by atoms with Gasteiger partial charge >= 0.3 is 0 Å². The van der Waals surface area contributed by atoms with Gasteiger partial charge in [-0.3, -0.25) is 9.59 Å². The van der Waals surface area contributed by atoms with Crippen LogP contribution in [0.4, 0.5) is 11.5 Å². The summed E-state index contributed by atoms with van der Waals surface area (Å²) in [4.78, 5) is 40.4. The molecule has 2 amide bonds. The molecule has 2 aromatic carbocycles. The molecule has 3 aromatic rings. The van der Waals surface area contributed by atoms with Gasteiger partial charge in [-0.1, -0.05) is 48.0 Å². The van der Waals surface area contributed by atoms with Crippen LogP contribution >= 0.6 is 0 Å². The summed E-state index contributed by atoms with van der Waals surface area (Å²) in [6.07, 6.45) is 1.87. The maximum Gasteiger partial charge on any atom is 0.228 e. The van der Waals surface area contributed by atoms with E-state index >= 15 is 0 Å². The predicted molar refractivity (Wildman–Crippen MR) is 128 cm³/mol. The van der Waals surface area contributed by atoms with Crippen molar-refractivity contribution in [3.63, 3.8) is 0 Å². The Morgan fingerprint density at radius 2 is 1.67 bits per heavy atom. The molecule has 0 N–H and O–H groups in total. The summed E-state index contributed by atoms with van der Waals surface area (Å²) in [6.45, 7) is 5.13. The average Bonchev–Trinajstić information content (AvgIpc) is 3.26. The SMILES string of the molecule is Cc1ccc(N2CC(C(=O)N3CCN(c4cc(-c5ccccc5)ncn4)CC3)CC2=O)cc1. The minimum Gasteiger partial charge on any atom is -0.353 e. The second-order valence-corrected chi connectivity index (χ2v) is 8.68. The molecule has 1 unspecified atom stereocenters. The van der Waals surface area contributed by atoms with Crippen LogP contribution in [0.25, 0.3) is 11.3 Å². The van der Waals surface area contributed by atoms with E-state index in [9.17, 15) is 9.59 Å². The number of nitrogens with zero attached hydrogens (tertiary/aromatic N) is 5. The average molecular weight is 442 g/mol. The Hall–Kier alpha value is -3.74. The minimum atomic E-state index is -0.283. The Bertz CT molecular complexity index is 1140. The molecule has 3 heterocycles. The maximum atomic E-state index is 13.2. The third-order valence-electron chi connectivity index (χ3n) is 6.46. The van der Waals surface area contributed by atoms with E-state index in [-0.39, 0.29) is 24.2 Å². The summed E-state index contributed by atoms with van der Waals surface area (Å²) < 4.78 is 0. The Morgan fingerprint density at radius 1 is 0.939 bits per heavy atom. The smallest absolute Gasteiger partial charge is 0.228 e. The zero-order valence-corrected chi connectivity index (χ0v) is 18.7. The van der Waals surface area contributed by atoms with Crippen LogP contribution in [0.1, 0.15) is 12.0 Å². The normalized spacial score (nSPS) is 18.6. The number of anilines is 2. The number of amides is 2.